The summed E-state index contributed by atoms with van der Waals surface area (Å²) in [7, 11) is 0. The van der Waals surface area contributed by atoms with Crippen LogP contribution in [0.1, 0.15) is 24.8 Å². The van der Waals surface area contributed by atoms with E-state index >= 15 is 0 Å². The number of hydrogen-bond acceptors (Lipinski definition) is 3. The normalized spacial score (nSPS) is 21.6. The molecular weight excluding hydrogens is 240 g/mol. The quantitative estimate of drug-likeness (QED) is 0.873. The highest BCUT2D eigenvalue weighted by atomic mass is 16.5. The van der Waals surface area contributed by atoms with Gasteiger partial charge in [0, 0.05) is 12.1 Å². The Morgan fingerprint density at radius 3 is 3.26 bits per heavy atom. The van der Waals surface area contributed by atoms with Crippen LogP contribution in [0.25, 0.3) is 0 Å². The summed E-state index contributed by atoms with van der Waals surface area (Å²) in [5.41, 5.74) is 2.09. The Hall–Kier alpha value is -1.55. The largest absolute Gasteiger partial charge is 0.493 e. The van der Waals surface area contributed by atoms with E-state index < -0.39 is 0 Å². The number of aryl methyl sites for hydroxylation is 1. The van der Waals surface area contributed by atoms with Crippen molar-refractivity contribution in [2.45, 2.75) is 25.7 Å². The minimum atomic E-state index is 0.116. The highest BCUT2D eigenvalue weighted by Crippen LogP contribution is 2.27. The van der Waals surface area contributed by atoms with E-state index in [2.05, 4.69) is 10.6 Å². The van der Waals surface area contributed by atoms with Crippen LogP contribution in [0.5, 0.6) is 5.75 Å². The Bertz CT molecular complexity index is 467. The first-order valence-electron chi connectivity index (χ1n) is 7.07. The van der Waals surface area contributed by atoms with E-state index in [1.54, 1.807) is 0 Å². The Kier molecular flexibility index (Phi) is 3.69. The number of benzene rings is 1. The Labute approximate surface area is 113 Å². The van der Waals surface area contributed by atoms with E-state index in [-0.39, 0.29) is 5.91 Å². The summed E-state index contributed by atoms with van der Waals surface area (Å²) in [6.07, 6.45) is 3.80. The fourth-order valence-electron chi connectivity index (χ4n) is 2.80. The van der Waals surface area contributed by atoms with Gasteiger partial charge in [-0.05, 0) is 62.0 Å². The molecule has 0 aliphatic carbocycles. The van der Waals surface area contributed by atoms with Crippen LogP contribution in [0.4, 0.5) is 5.69 Å². The van der Waals surface area contributed by atoms with Gasteiger partial charge < -0.3 is 15.4 Å². The van der Waals surface area contributed by atoms with Gasteiger partial charge in [-0.15, -0.1) is 0 Å². The smallest absolute Gasteiger partial charge is 0.224 e. The molecular formula is C15H20N2O2. The number of hydrogen-bond donors (Lipinski definition) is 2. The van der Waals surface area contributed by atoms with Crippen LogP contribution in [0, 0.1) is 5.92 Å². The average molecular weight is 260 g/mol. The number of fused-ring (bicyclic) bond motifs is 1. The monoisotopic (exact) mass is 260 g/mol. The maximum atomic E-state index is 12.0. The van der Waals surface area contributed by atoms with Gasteiger partial charge in [0.2, 0.25) is 5.91 Å². The number of nitrogens with one attached hydrogen (secondary N) is 2. The van der Waals surface area contributed by atoms with Gasteiger partial charge in [-0.2, -0.15) is 0 Å². The molecule has 19 heavy (non-hydrogen) atoms. The molecule has 2 heterocycles. The highest BCUT2D eigenvalue weighted by molar-refractivity contribution is 5.91. The fraction of sp³-hybridized carbons (Fsp3) is 0.533. The van der Waals surface area contributed by atoms with Crippen LogP contribution in [0.15, 0.2) is 18.2 Å². The number of rotatable bonds is 3. The maximum absolute atomic E-state index is 12.0. The molecule has 0 saturated carbocycles. The standard InChI is InChI=1S/C15H20N2O2/c18-15(8-11-5-6-16-10-11)17-13-3-4-14-12(9-13)2-1-7-19-14/h3-4,9,11,16H,1-2,5-8,10H2,(H,17,18). The van der Waals surface area contributed by atoms with E-state index in [9.17, 15) is 4.79 Å². The Morgan fingerprint density at radius 2 is 2.42 bits per heavy atom. The van der Waals surface area contributed by atoms with Crippen molar-refractivity contribution in [3.05, 3.63) is 23.8 Å². The van der Waals surface area contributed by atoms with Gasteiger partial charge in [-0.25, -0.2) is 0 Å². The number of ether oxygens (including phenoxy) is 1. The fourth-order valence-corrected chi connectivity index (χ4v) is 2.80. The zero-order chi connectivity index (χ0) is 13.1. The van der Waals surface area contributed by atoms with Crippen molar-refractivity contribution in [3.8, 4) is 5.75 Å². The van der Waals surface area contributed by atoms with Gasteiger partial charge in [0.05, 0.1) is 6.61 Å². The summed E-state index contributed by atoms with van der Waals surface area (Å²) in [6.45, 7) is 2.80. The van der Waals surface area contributed by atoms with E-state index in [1.165, 1.54) is 5.56 Å². The van der Waals surface area contributed by atoms with Gasteiger partial charge >= 0.3 is 0 Å². The molecule has 1 saturated heterocycles. The molecule has 0 spiro atoms. The predicted octanol–water partition coefficient (Wildman–Crippen LogP) is 1.95. The molecule has 1 aromatic carbocycles. The minimum absolute atomic E-state index is 0.116. The lowest BCUT2D eigenvalue weighted by Gasteiger charge is -2.18. The summed E-state index contributed by atoms with van der Waals surface area (Å²) >= 11 is 0. The Morgan fingerprint density at radius 1 is 1.47 bits per heavy atom. The van der Waals surface area contributed by atoms with Crippen LogP contribution >= 0.6 is 0 Å². The first-order valence-corrected chi connectivity index (χ1v) is 7.07. The number of carbonyl (C=O) groups is 1. The van der Waals surface area contributed by atoms with Crippen molar-refractivity contribution in [2.24, 2.45) is 5.92 Å². The average Bonchev–Trinajstić information content (AvgIpc) is 2.91. The summed E-state index contributed by atoms with van der Waals surface area (Å²) in [4.78, 5) is 12.0. The van der Waals surface area contributed by atoms with Crippen LogP contribution < -0.4 is 15.4 Å². The van der Waals surface area contributed by atoms with Crippen LogP contribution in [-0.2, 0) is 11.2 Å². The summed E-state index contributed by atoms with van der Waals surface area (Å²) in [5.74, 6) is 1.57. The van der Waals surface area contributed by atoms with Crippen molar-refractivity contribution >= 4 is 11.6 Å². The molecule has 4 nitrogen and oxygen atoms in total. The molecule has 1 aromatic rings. The molecule has 1 atom stereocenters. The lowest BCUT2D eigenvalue weighted by molar-refractivity contribution is -0.116. The molecule has 0 aromatic heterocycles. The number of carbonyl (C=O) groups excluding carboxylic acids is 1. The second-order valence-electron chi connectivity index (χ2n) is 5.39. The third kappa shape index (κ3) is 3.07. The topological polar surface area (TPSA) is 50.4 Å². The molecule has 1 amide bonds. The summed E-state index contributed by atoms with van der Waals surface area (Å²) < 4.78 is 5.57. The van der Waals surface area contributed by atoms with Gasteiger partial charge in [0.1, 0.15) is 5.75 Å². The lowest BCUT2D eigenvalue weighted by atomic mass is 10.0. The van der Waals surface area contributed by atoms with Gasteiger partial charge in [0.25, 0.3) is 0 Å². The lowest BCUT2D eigenvalue weighted by Crippen LogP contribution is -2.18. The van der Waals surface area contributed by atoms with Crippen molar-refractivity contribution in [1.29, 1.82) is 0 Å². The molecule has 1 fully saturated rings. The van der Waals surface area contributed by atoms with Gasteiger partial charge in [-0.3, -0.25) is 4.79 Å². The molecule has 102 valence electrons. The van der Waals surface area contributed by atoms with E-state index in [0.29, 0.717) is 12.3 Å². The molecule has 2 N–H and O–H groups in total. The van der Waals surface area contributed by atoms with E-state index in [4.69, 9.17) is 4.74 Å². The van der Waals surface area contributed by atoms with Gasteiger partial charge in [0.15, 0.2) is 0 Å². The first-order chi connectivity index (χ1) is 9.31. The molecule has 0 bridgehead atoms. The SMILES string of the molecule is O=C(CC1CCNC1)Nc1ccc2c(c1)CCCO2. The number of amides is 1. The predicted molar refractivity (Wildman–Crippen MR) is 74.5 cm³/mol. The van der Waals surface area contributed by atoms with Crippen LogP contribution in [-0.4, -0.2) is 25.6 Å². The van der Waals surface area contributed by atoms with Crippen molar-refractivity contribution in [3.63, 3.8) is 0 Å². The zero-order valence-corrected chi connectivity index (χ0v) is 11.1. The van der Waals surface area contributed by atoms with Crippen molar-refractivity contribution in [2.75, 3.05) is 25.0 Å². The van der Waals surface area contributed by atoms with Gasteiger partial charge in [-0.1, -0.05) is 0 Å². The Balaban J connectivity index is 1.61. The molecule has 1 unspecified atom stereocenters. The third-order valence-corrected chi connectivity index (χ3v) is 3.83. The molecule has 0 radical (unpaired) electrons. The number of anilines is 1. The van der Waals surface area contributed by atoms with Crippen LogP contribution in [0.2, 0.25) is 0 Å². The molecule has 3 rings (SSSR count). The minimum Gasteiger partial charge on any atom is -0.493 e. The van der Waals surface area contributed by atoms with Crippen molar-refractivity contribution in [1.82, 2.24) is 5.32 Å². The summed E-state index contributed by atoms with van der Waals surface area (Å²) in [6, 6.07) is 5.93. The van der Waals surface area contributed by atoms with E-state index in [0.717, 1.165) is 50.4 Å². The molecule has 2 aliphatic rings. The molecule has 4 heteroatoms. The molecule has 2 aliphatic heterocycles. The second kappa shape index (κ2) is 5.61. The van der Waals surface area contributed by atoms with Crippen LogP contribution in [0.3, 0.4) is 0 Å². The van der Waals surface area contributed by atoms with E-state index in [1.807, 2.05) is 18.2 Å². The van der Waals surface area contributed by atoms with Crippen molar-refractivity contribution < 1.29 is 9.53 Å². The second-order valence-corrected chi connectivity index (χ2v) is 5.39. The first kappa shape index (κ1) is 12.5. The zero-order valence-electron chi connectivity index (χ0n) is 11.1. The maximum Gasteiger partial charge on any atom is 0.224 e. The third-order valence-electron chi connectivity index (χ3n) is 3.83. The summed E-state index contributed by atoms with van der Waals surface area (Å²) in [5, 5.41) is 6.28. The highest BCUT2D eigenvalue weighted by Gasteiger charge is 2.18.